The number of pyridine rings is 1. The van der Waals surface area contributed by atoms with Crippen LogP contribution < -0.4 is 10.9 Å². The summed E-state index contributed by atoms with van der Waals surface area (Å²) in [5.74, 6) is -0.323. The largest absolute Gasteiger partial charge is 0.378 e. The van der Waals surface area contributed by atoms with Gasteiger partial charge in [-0.25, -0.2) is 9.78 Å². The first-order chi connectivity index (χ1) is 11.5. The van der Waals surface area contributed by atoms with Crippen LogP contribution in [0.2, 0.25) is 0 Å². The zero-order valence-electron chi connectivity index (χ0n) is 13.1. The highest BCUT2D eigenvalue weighted by Crippen LogP contribution is 2.27. The van der Waals surface area contributed by atoms with Crippen molar-refractivity contribution in [2.45, 2.75) is 25.4 Å². The van der Waals surface area contributed by atoms with Crippen molar-refractivity contribution in [1.29, 1.82) is 0 Å². The summed E-state index contributed by atoms with van der Waals surface area (Å²) in [7, 11) is 0. The van der Waals surface area contributed by atoms with Crippen molar-refractivity contribution in [3.8, 4) is 0 Å². The molecule has 1 spiro atoms. The van der Waals surface area contributed by atoms with Gasteiger partial charge in [0.15, 0.2) is 0 Å². The lowest BCUT2D eigenvalue weighted by Gasteiger charge is -2.18. The first kappa shape index (κ1) is 14.8. The van der Waals surface area contributed by atoms with Gasteiger partial charge in [0.1, 0.15) is 11.2 Å². The lowest BCUT2D eigenvalue weighted by molar-refractivity contribution is -0.131. The van der Waals surface area contributed by atoms with E-state index >= 15 is 0 Å². The van der Waals surface area contributed by atoms with E-state index in [4.69, 9.17) is 4.74 Å². The maximum absolute atomic E-state index is 12.6. The minimum absolute atomic E-state index is 0.0357. The molecule has 2 aliphatic rings. The average Bonchev–Trinajstić information content (AvgIpc) is 3.10. The summed E-state index contributed by atoms with van der Waals surface area (Å²) in [5, 5.41) is 2.71. The molecule has 2 saturated heterocycles. The number of hydrogen-bond acceptors (Lipinski definition) is 5. The molecule has 124 valence electrons. The van der Waals surface area contributed by atoms with E-state index in [9.17, 15) is 14.4 Å². The van der Waals surface area contributed by atoms with Gasteiger partial charge in [-0.1, -0.05) is 6.07 Å². The Morgan fingerprint density at radius 3 is 2.92 bits per heavy atom. The van der Waals surface area contributed by atoms with Crippen LogP contribution in [-0.4, -0.2) is 45.0 Å². The van der Waals surface area contributed by atoms with Crippen LogP contribution in [0.25, 0.3) is 5.65 Å². The number of hydrogen-bond donors (Lipinski definition) is 1. The van der Waals surface area contributed by atoms with E-state index < -0.39 is 11.6 Å². The summed E-state index contributed by atoms with van der Waals surface area (Å²) in [6.45, 7) is 2.47. The number of aromatic nitrogens is 2. The summed E-state index contributed by atoms with van der Waals surface area (Å²) in [5.41, 5.74) is 0.596. The van der Waals surface area contributed by atoms with Crippen molar-refractivity contribution in [1.82, 2.24) is 19.6 Å². The fourth-order valence-corrected chi connectivity index (χ4v) is 3.15. The molecular weight excluding hydrogens is 312 g/mol. The van der Waals surface area contributed by atoms with E-state index in [1.54, 1.807) is 12.3 Å². The van der Waals surface area contributed by atoms with Crippen molar-refractivity contribution in [3.05, 3.63) is 46.0 Å². The molecule has 24 heavy (non-hydrogen) atoms. The Labute approximate surface area is 137 Å². The summed E-state index contributed by atoms with van der Waals surface area (Å²) in [6.07, 6.45) is 2.16. The van der Waals surface area contributed by atoms with Crippen LogP contribution in [0, 0.1) is 6.92 Å². The molecule has 1 N–H and O–H groups in total. The fourth-order valence-electron chi connectivity index (χ4n) is 3.15. The molecule has 2 aromatic rings. The fraction of sp³-hybridized carbons (Fsp3) is 0.375. The van der Waals surface area contributed by atoms with Crippen molar-refractivity contribution in [2.75, 3.05) is 13.2 Å². The lowest BCUT2D eigenvalue weighted by Crippen LogP contribution is -2.47. The molecule has 2 fully saturated rings. The number of nitrogens with one attached hydrogen (secondary N) is 1. The number of urea groups is 1. The quantitative estimate of drug-likeness (QED) is 0.796. The van der Waals surface area contributed by atoms with Gasteiger partial charge in [0.05, 0.1) is 18.8 Å². The first-order valence-electron chi connectivity index (χ1n) is 7.69. The number of nitrogens with zero attached hydrogens (tertiary/aromatic N) is 3. The Kier molecular flexibility index (Phi) is 3.17. The van der Waals surface area contributed by atoms with Crippen LogP contribution in [0.1, 0.15) is 17.7 Å². The van der Waals surface area contributed by atoms with Gasteiger partial charge in [0, 0.05) is 25.3 Å². The third-order valence-corrected chi connectivity index (χ3v) is 4.45. The maximum atomic E-state index is 12.6. The number of ether oxygens (including phenoxy) is 1. The number of rotatable bonds is 2. The topological polar surface area (TPSA) is 93.0 Å². The zero-order chi connectivity index (χ0) is 16.9. The predicted octanol–water partition coefficient (Wildman–Crippen LogP) is 0.214. The number of amides is 3. The molecule has 0 aliphatic carbocycles. The Morgan fingerprint density at radius 2 is 2.17 bits per heavy atom. The van der Waals surface area contributed by atoms with Gasteiger partial charge in [-0.3, -0.25) is 18.9 Å². The molecule has 8 heteroatoms. The van der Waals surface area contributed by atoms with Gasteiger partial charge in [-0.15, -0.1) is 0 Å². The van der Waals surface area contributed by atoms with E-state index in [0.717, 1.165) is 10.5 Å². The second-order valence-corrected chi connectivity index (χ2v) is 6.23. The second-order valence-electron chi connectivity index (χ2n) is 6.23. The molecule has 3 amide bonds. The lowest BCUT2D eigenvalue weighted by atomic mass is 9.99. The first-order valence-corrected chi connectivity index (χ1v) is 7.69. The van der Waals surface area contributed by atoms with Crippen molar-refractivity contribution >= 4 is 17.6 Å². The molecule has 0 radical (unpaired) electrons. The monoisotopic (exact) mass is 328 g/mol. The van der Waals surface area contributed by atoms with Crippen molar-refractivity contribution < 1.29 is 14.3 Å². The molecule has 0 aromatic carbocycles. The number of imide groups is 1. The van der Waals surface area contributed by atoms with Gasteiger partial charge >= 0.3 is 6.03 Å². The molecule has 1 unspecified atom stereocenters. The van der Waals surface area contributed by atoms with E-state index in [1.165, 1.54) is 10.5 Å². The molecule has 2 aromatic heterocycles. The average molecular weight is 328 g/mol. The smallest absolute Gasteiger partial charge is 0.325 e. The molecule has 0 bridgehead atoms. The van der Waals surface area contributed by atoms with Gasteiger partial charge in [0.25, 0.3) is 11.5 Å². The third kappa shape index (κ3) is 2.18. The standard InChI is InChI=1S/C16H16N4O4/c1-10-2-3-12-17-11(6-13(21)19(12)7-10)8-20-14(22)16(18-15(20)23)4-5-24-9-16/h2-3,6-7H,4-5,8-9H2,1H3,(H,18,23). The SMILES string of the molecule is Cc1ccc2nc(CN3C(=O)NC4(CCOC4)C3=O)cc(=O)n2c1. The normalized spacial score (nSPS) is 23.5. The molecule has 0 saturated carbocycles. The Morgan fingerprint density at radius 1 is 1.33 bits per heavy atom. The summed E-state index contributed by atoms with van der Waals surface area (Å²) in [4.78, 5) is 42.5. The van der Waals surface area contributed by atoms with E-state index in [1.807, 2.05) is 13.0 Å². The van der Waals surface area contributed by atoms with Gasteiger partial charge in [-0.05, 0) is 18.6 Å². The van der Waals surface area contributed by atoms with Gasteiger partial charge in [0.2, 0.25) is 0 Å². The van der Waals surface area contributed by atoms with E-state index in [0.29, 0.717) is 24.4 Å². The highest BCUT2D eigenvalue weighted by atomic mass is 16.5. The second kappa shape index (κ2) is 5.13. The van der Waals surface area contributed by atoms with Crippen LogP contribution in [0.3, 0.4) is 0 Å². The van der Waals surface area contributed by atoms with E-state index in [2.05, 4.69) is 10.3 Å². The number of fused-ring (bicyclic) bond motifs is 1. The number of carbonyl (C=O) groups excluding carboxylic acids is 2. The highest BCUT2D eigenvalue weighted by Gasteiger charge is 2.53. The maximum Gasteiger partial charge on any atom is 0.325 e. The summed E-state index contributed by atoms with van der Waals surface area (Å²) >= 11 is 0. The van der Waals surface area contributed by atoms with Crippen LogP contribution >= 0.6 is 0 Å². The predicted molar refractivity (Wildman–Crippen MR) is 83.4 cm³/mol. The molecule has 2 aliphatic heterocycles. The zero-order valence-corrected chi connectivity index (χ0v) is 13.1. The summed E-state index contributed by atoms with van der Waals surface area (Å²) in [6, 6.07) is 4.46. The molecule has 4 heterocycles. The number of carbonyl (C=O) groups is 2. The summed E-state index contributed by atoms with van der Waals surface area (Å²) < 4.78 is 6.70. The van der Waals surface area contributed by atoms with Crippen molar-refractivity contribution in [2.24, 2.45) is 0 Å². The third-order valence-electron chi connectivity index (χ3n) is 4.45. The van der Waals surface area contributed by atoms with Crippen LogP contribution in [-0.2, 0) is 16.1 Å². The Balaban J connectivity index is 1.67. The highest BCUT2D eigenvalue weighted by molar-refractivity contribution is 6.07. The van der Waals surface area contributed by atoms with Crippen LogP contribution in [0.4, 0.5) is 4.79 Å². The van der Waals surface area contributed by atoms with E-state index in [-0.39, 0.29) is 24.6 Å². The minimum atomic E-state index is -0.958. The molecule has 8 nitrogen and oxygen atoms in total. The molecular formula is C16H16N4O4. The van der Waals surface area contributed by atoms with Crippen LogP contribution in [0.15, 0.2) is 29.2 Å². The van der Waals surface area contributed by atoms with Gasteiger partial charge in [-0.2, -0.15) is 0 Å². The van der Waals surface area contributed by atoms with Crippen LogP contribution in [0.5, 0.6) is 0 Å². The van der Waals surface area contributed by atoms with Gasteiger partial charge < -0.3 is 10.1 Å². The number of aryl methyl sites for hydroxylation is 1. The minimum Gasteiger partial charge on any atom is -0.378 e. The Hall–Kier alpha value is -2.74. The van der Waals surface area contributed by atoms with Crippen molar-refractivity contribution in [3.63, 3.8) is 0 Å². The molecule has 4 rings (SSSR count). The molecule has 1 atom stereocenters. The Bertz CT molecular complexity index is 914.